The Morgan fingerprint density at radius 1 is 0.311 bits per heavy atom. The van der Waals surface area contributed by atoms with Gasteiger partial charge >= 0.3 is 0 Å². The van der Waals surface area contributed by atoms with Crippen LogP contribution in [0, 0.1) is 0 Å². The van der Waals surface area contributed by atoms with Gasteiger partial charge in [-0.1, -0.05) is 176 Å². The van der Waals surface area contributed by atoms with Crippen molar-refractivity contribution >= 4 is 71.6 Å². The van der Waals surface area contributed by atoms with Crippen LogP contribution in [0.4, 0.5) is 17.1 Å². The molecule has 12 rings (SSSR count). The maximum atomic E-state index is 6.57. The zero-order valence-corrected chi connectivity index (χ0v) is 33.2. The van der Waals surface area contributed by atoms with E-state index in [9.17, 15) is 0 Å². The van der Waals surface area contributed by atoms with Crippen LogP contribution in [0.1, 0.15) is 0 Å². The van der Waals surface area contributed by atoms with Crippen LogP contribution in [-0.4, -0.2) is 4.57 Å². The van der Waals surface area contributed by atoms with Crippen LogP contribution in [-0.2, 0) is 0 Å². The summed E-state index contributed by atoms with van der Waals surface area (Å²) >= 11 is 0. The van der Waals surface area contributed by atoms with Crippen LogP contribution in [0.25, 0.3) is 93.6 Å². The molecule has 0 amide bonds. The number of fused-ring (bicyclic) bond motifs is 7. The topological polar surface area (TPSA) is 21.3 Å². The molecule has 0 aliphatic carbocycles. The first-order valence-electron chi connectivity index (χ1n) is 20.9. The van der Waals surface area contributed by atoms with Gasteiger partial charge in [-0.3, -0.25) is 0 Å². The summed E-state index contributed by atoms with van der Waals surface area (Å²) < 4.78 is 8.96. The molecule has 0 radical (unpaired) electrons. The van der Waals surface area contributed by atoms with E-state index < -0.39 is 0 Å². The Hall–Kier alpha value is -8.14. The minimum atomic E-state index is 0.853. The average molecular weight is 779 g/mol. The summed E-state index contributed by atoms with van der Waals surface area (Å²) in [6.07, 6.45) is 0. The maximum Gasteiger partial charge on any atom is 0.137 e. The second-order valence-electron chi connectivity index (χ2n) is 15.6. The molecule has 3 heteroatoms. The number of anilines is 3. The van der Waals surface area contributed by atoms with Crippen LogP contribution < -0.4 is 4.90 Å². The normalized spacial score (nSPS) is 11.6. The molecule has 0 aliphatic rings. The number of hydrogen-bond donors (Lipinski definition) is 0. The lowest BCUT2D eigenvalue weighted by molar-refractivity contribution is 0.669. The molecule has 0 N–H and O–H groups in total. The molecule has 0 atom stereocenters. The summed E-state index contributed by atoms with van der Waals surface area (Å²) in [5, 5.41) is 6.97. The van der Waals surface area contributed by atoms with Gasteiger partial charge in [0.2, 0.25) is 0 Å². The molecule has 10 aromatic carbocycles. The zero-order valence-electron chi connectivity index (χ0n) is 33.2. The van der Waals surface area contributed by atoms with Gasteiger partial charge in [-0.25, -0.2) is 0 Å². The smallest absolute Gasteiger partial charge is 0.137 e. The summed E-state index contributed by atoms with van der Waals surface area (Å²) in [6.45, 7) is 0. The van der Waals surface area contributed by atoms with Gasteiger partial charge in [-0.05, 0) is 87.8 Å². The Labute approximate surface area is 353 Å². The van der Waals surface area contributed by atoms with Gasteiger partial charge in [0.1, 0.15) is 11.2 Å². The predicted octanol–water partition coefficient (Wildman–Crippen LogP) is 16.3. The van der Waals surface area contributed by atoms with Gasteiger partial charge in [0.25, 0.3) is 0 Å². The molecular weight excluding hydrogens is 741 g/mol. The lowest BCUT2D eigenvalue weighted by Gasteiger charge is -2.30. The Kier molecular flexibility index (Phi) is 8.17. The second kappa shape index (κ2) is 14.3. The SMILES string of the molecule is c1ccc(-c2ccc(-c3ccccc3)c(N(c3ccc(-c4cccc5c4c4ccccc4n5-c4ccccc4)c4ccccc34)c3cccc4oc5ccccc5c34)c2)cc1. The van der Waals surface area contributed by atoms with Gasteiger partial charge in [0.05, 0.1) is 33.5 Å². The fraction of sp³-hybridized carbons (Fsp3) is 0. The van der Waals surface area contributed by atoms with Crippen LogP contribution in [0.15, 0.2) is 235 Å². The van der Waals surface area contributed by atoms with E-state index in [1.54, 1.807) is 0 Å². The lowest BCUT2D eigenvalue weighted by Crippen LogP contribution is -2.12. The van der Waals surface area contributed by atoms with Crippen molar-refractivity contribution < 1.29 is 4.42 Å². The first kappa shape index (κ1) is 34.9. The Balaban J connectivity index is 1.17. The van der Waals surface area contributed by atoms with Crippen molar-refractivity contribution in [2.75, 3.05) is 4.90 Å². The van der Waals surface area contributed by atoms with E-state index in [2.05, 4.69) is 234 Å². The predicted molar refractivity (Wildman–Crippen MR) is 257 cm³/mol. The lowest BCUT2D eigenvalue weighted by atomic mass is 9.92. The van der Waals surface area contributed by atoms with Gasteiger partial charge in [0, 0.05) is 32.8 Å². The summed E-state index contributed by atoms with van der Waals surface area (Å²) in [5.41, 5.74) is 15.4. The molecule has 0 bridgehead atoms. The fourth-order valence-electron chi connectivity index (χ4n) is 9.53. The van der Waals surface area contributed by atoms with Crippen molar-refractivity contribution in [1.82, 2.24) is 4.57 Å². The number of aromatic nitrogens is 1. The third-order valence-corrected chi connectivity index (χ3v) is 12.2. The monoisotopic (exact) mass is 778 g/mol. The highest BCUT2D eigenvalue weighted by Gasteiger charge is 2.25. The molecular formula is C58H38N2O. The molecule has 0 fully saturated rings. The molecule has 0 saturated carbocycles. The minimum Gasteiger partial charge on any atom is -0.456 e. The molecule has 12 aromatic rings. The molecule has 3 nitrogen and oxygen atoms in total. The van der Waals surface area contributed by atoms with Crippen LogP contribution >= 0.6 is 0 Å². The number of para-hydroxylation sites is 3. The van der Waals surface area contributed by atoms with Crippen molar-refractivity contribution in [2.45, 2.75) is 0 Å². The molecule has 0 saturated heterocycles. The minimum absolute atomic E-state index is 0.853. The maximum absolute atomic E-state index is 6.57. The van der Waals surface area contributed by atoms with E-state index in [0.717, 1.165) is 66.8 Å². The first-order chi connectivity index (χ1) is 30.3. The molecule has 0 spiro atoms. The molecule has 0 unspecified atom stereocenters. The largest absolute Gasteiger partial charge is 0.456 e. The number of furan rings is 1. The van der Waals surface area contributed by atoms with E-state index in [1.807, 2.05) is 6.07 Å². The number of nitrogens with zero attached hydrogens (tertiary/aromatic N) is 2. The number of rotatable bonds is 7. The van der Waals surface area contributed by atoms with Gasteiger partial charge in [0.15, 0.2) is 0 Å². The van der Waals surface area contributed by atoms with Crippen LogP contribution in [0.3, 0.4) is 0 Å². The highest BCUT2D eigenvalue weighted by Crippen LogP contribution is 2.50. The summed E-state index contributed by atoms with van der Waals surface area (Å²) in [4.78, 5) is 2.48. The van der Waals surface area contributed by atoms with Gasteiger partial charge in [-0.15, -0.1) is 0 Å². The third kappa shape index (κ3) is 5.66. The van der Waals surface area contributed by atoms with Crippen molar-refractivity contribution in [3.8, 4) is 39.1 Å². The third-order valence-electron chi connectivity index (χ3n) is 12.2. The Morgan fingerprint density at radius 3 is 1.72 bits per heavy atom. The summed E-state index contributed by atoms with van der Waals surface area (Å²) in [6, 6.07) is 83.0. The van der Waals surface area contributed by atoms with Gasteiger partial charge < -0.3 is 13.9 Å². The highest BCUT2D eigenvalue weighted by atomic mass is 16.3. The van der Waals surface area contributed by atoms with Gasteiger partial charge in [-0.2, -0.15) is 0 Å². The van der Waals surface area contributed by atoms with E-state index in [4.69, 9.17) is 4.42 Å². The summed E-state index contributed by atoms with van der Waals surface area (Å²) in [5.74, 6) is 0. The molecule has 2 heterocycles. The Bertz CT molecular complexity index is 3580. The quantitative estimate of drug-likeness (QED) is 0.161. The van der Waals surface area contributed by atoms with E-state index in [1.165, 1.54) is 43.9 Å². The molecule has 2 aromatic heterocycles. The fourth-order valence-corrected chi connectivity index (χ4v) is 9.53. The van der Waals surface area contributed by atoms with Crippen molar-refractivity contribution in [3.05, 3.63) is 231 Å². The zero-order chi connectivity index (χ0) is 40.3. The molecule has 286 valence electrons. The number of hydrogen-bond acceptors (Lipinski definition) is 2. The average Bonchev–Trinajstić information content (AvgIpc) is 3.89. The summed E-state index contributed by atoms with van der Waals surface area (Å²) in [7, 11) is 0. The standard InChI is InChI=1S/C58H38N2O/c1-4-18-39(19-5-1)41-34-35-43(40-20-6-2-7-21-40)54(38-41)60(53-31-17-33-56-58(53)49-27-13-15-32-55(49)61-56)51-37-36-45(44-24-10-11-25-46(44)51)47-28-16-30-52-57(47)48-26-12-14-29-50(48)59(52)42-22-8-3-9-23-42/h1-38H. The van der Waals surface area contributed by atoms with Crippen molar-refractivity contribution in [2.24, 2.45) is 0 Å². The van der Waals surface area contributed by atoms with E-state index >= 15 is 0 Å². The molecule has 0 aliphatic heterocycles. The number of benzene rings is 10. The van der Waals surface area contributed by atoms with Crippen molar-refractivity contribution in [3.63, 3.8) is 0 Å². The Morgan fingerprint density at radius 2 is 0.918 bits per heavy atom. The second-order valence-corrected chi connectivity index (χ2v) is 15.6. The highest BCUT2D eigenvalue weighted by molar-refractivity contribution is 6.20. The first-order valence-corrected chi connectivity index (χ1v) is 20.9. The van der Waals surface area contributed by atoms with E-state index in [-0.39, 0.29) is 0 Å². The van der Waals surface area contributed by atoms with E-state index in [0.29, 0.717) is 0 Å². The molecule has 61 heavy (non-hydrogen) atoms. The van der Waals surface area contributed by atoms with Crippen LogP contribution in [0.5, 0.6) is 0 Å². The van der Waals surface area contributed by atoms with Crippen LogP contribution in [0.2, 0.25) is 0 Å². The van der Waals surface area contributed by atoms with Crippen molar-refractivity contribution in [1.29, 1.82) is 0 Å².